The molecule has 0 radical (unpaired) electrons. The van der Waals surface area contributed by atoms with Gasteiger partial charge in [0.15, 0.2) is 0 Å². The molecule has 0 amide bonds. The lowest BCUT2D eigenvalue weighted by Gasteiger charge is -2.10. The van der Waals surface area contributed by atoms with Gasteiger partial charge in [0.1, 0.15) is 4.90 Å². The van der Waals surface area contributed by atoms with Gasteiger partial charge in [-0.25, -0.2) is 8.42 Å². The van der Waals surface area contributed by atoms with Crippen molar-refractivity contribution < 1.29 is 8.42 Å². The zero-order valence-corrected chi connectivity index (χ0v) is 12.6. The number of hydrogen-bond acceptors (Lipinski definition) is 3. The highest BCUT2D eigenvalue weighted by molar-refractivity contribution is 14.1. The van der Waals surface area contributed by atoms with Gasteiger partial charge in [-0.15, -0.1) is 0 Å². The molecule has 1 aromatic carbocycles. The van der Waals surface area contributed by atoms with Crippen molar-refractivity contribution >= 4 is 38.3 Å². The lowest BCUT2D eigenvalue weighted by atomic mass is 10.2. The van der Waals surface area contributed by atoms with Gasteiger partial charge >= 0.3 is 0 Å². The molecule has 18 heavy (non-hydrogen) atoms. The number of pyridine rings is 1. The molecule has 2 rings (SSSR count). The van der Waals surface area contributed by atoms with Crippen molar-refractivity contribution in [1.82, 2.24) is 4.98 Å². The van der Waals surface area contributed by atoms with Crippen LogP contribution in [-0.4, -0.2) is 13.4 Å². The highest BCUT2D eigenvalue weighted by atomic mass is 127. The van der Waals surface area contributed by atoms with Crippen LogP contribution >= 0.6 is 22.6 Å². The van der Waals surface area contributed by atoms with Crippen molar-refractivity contribution in [2.45, 2.75) is 11.8 Å². The van der Waals surface area contributed by atoms with E-state index in [0.29, 0.717) is 5.69 Å². The van der Waals surface area contributed by atoms with E-state index in [1.54, 1.807) is 12.1 Å². The lowest BCUT2D eigenvalue weighted by molar-refractivity contribution is 0.601. The summed E-state index contributed by atoms with van der Waals surface area (Å²) in [5, 5.41) is 0. The Morgan fingerprint density at radius 3 is 2.67 bits per heavy atom. The summed E-state index contributed by atoms with van der Waals surface area (Å²) in [5.74, 6) is 0. The predicted molar refractivity (Wildman–Crippen MR) is 78.9 cm³/mol. The molecule has 0 saturated heterocycles. The molecule has 0 aliphatic heterocycles. The highest BCUT2D eigenvalue weighted by Gasteiger charge is 2.14. The van der Waals surface area contributed by atoms with Crippen LogP contribution in [0.1, 0.15) is 5.56 Å². The highest BCUT2D eigenvalue weighted by Crippen LogP contribution is 2.21. The fraction of sp³-hybridized carbons (Fsp3) is 0.0833. The maximum atomic E-state index is 12.1. The molecule has 0 fully saturated rings. The van der Waals surface area contributed by atoms with Gasteiger partial charge < -0.3 is 0 Å². The van der Waals surface area contributed by atoms with E-state index in [4.69, 9.17) is 0 Å². The van der Waals surface area contributed by atoms with Gasteiger partial charge in [-0.1, -0.05) is 0 Å². The zero-order valence-electron chi connectivity index (χ0n) is 9.59. The van der Waals surface area contributed by atoms with Crippen LogP contribution < -0.4 is 4.72 Å². The lowest BCUT2D eigenvalue weighted by Crippen LogP contribution is -2.13. The van der Waals surface area contributed by atoms with Crippen LogP contribution in [0.4, 0.5) is 5.69 Å². The van der Waals surface area contributed by atoms with Gasteiger partial charge in [-0.2, -0.15) is 0 Å². The van der Waals surface area contributed by atoms with Crippen molar-refractivity contribution in [2.24, 2.45) is 0 Å². The minimum atomic E-state index is -3.56. The van der Waals surface area contributed by atoms with Gasteiger partial charge in [0.05, 0.1) is 5.69 Å². The van der Waals surface area contributed by atoms with Crippen LogP contribution in [0.15, 0.2) is 47.6 Å². The van der Waals surface area contributed by atoms with Crippen LogP contribution in [0.5, 0.6) is 0 Å². The summed E-state index contributed by atoms with van der Waals surface area (Å²) in [6, 6.07) is 8.63. The molecule has 0 aliphatic rings. The molecule has 6 heteroatoms. The third kappa shape index (κ3) is 2.99. The molecule has 2 aromatic rings. The monoisotopic (exact) mass is 374 g/mol. The SMILES string of the molecule is Cc1cc(I)ccc1NS(=O)(=O)c1cccnc1. The first-order valence-electron chi connectivity index (χ1n) is 5.18. The smallest absolute Gasteiger partial charge is 0.263 e. The van der Waals surface area contributed by atoms with Gasteiger partial charge in [0.2, 0.25) is 0 Å². The van der Waals surface area contributed by atoms with E-state index in [-0.39, 0.29) is 4.90 Å². The number of sulfonamides is 1. The second-order valence-electron chi connectivity index (χ2n) is 3.75. The van der Waals surface area contributed by atoms with Gasteiger partial charge in [-0.3, -0.25) is 9.71 Å². The van der Waals surface area contributed by atoms with E-state index >= 15 is 0 Å². The molecule has 94 valence electrons. The standard InChI is InChI=1S/C12H11IN2O2S/c1-9-7-10(13)4-5-12(9)15-18(16,17)11-3-2-6-14-8-11/h2-8,15H,1H3. The van der Waals surface area contributed by atoms with Crippen molar-refractivity contribution in [2.75, 3.05) is 4.72 Å². The number of benzene rings is 1. The molecule has 0 atom stereocenters. The van der Waals surface area contributed by atoms with E-state index in [9.17, 15) is 8.42 Å². The Balaban J connectivity index is 2.34. The fourth-order valence-corrected chi connectivity index (χ4v) is 3.19. The minimum Gasteiger partial charge on any atom is -0.279 e. The Morgan fingerprint density at radius 2 is 2.06 bits per heavy atom. The number of halogens is 1. The number of hydrogen-bond donors (Lipinski definition) is 1. The Hall–Kier alpha value is -1.15. The summed E-state index contributed by atoms with van der Waals surface area (Å²) >= 11 is 2.18. The molecule has 0 bridgehead atoms. The molecular weight excluding hydrogens is 363 g/mol. The van der Waals surface area contributed by atoms with Crippen molar-refractivity contribution in [3.05, 3.63) is 51.9 Å². The molecule has 1 heterocycles. The summed E-state index contributed by atoms with van der Waals surface area (Å²) in [4.78, 5) is 3.96. The number of aryl methyl sites for hydroxylation is 1. The second kappa shape index (κ2) is 5.23. The summed E-state index contributed by atoms with van der Waals surface area (Å²) in [7, 11) is -3.56. The number of rotatable bonds is 3. The summed E-state index contributed by atoms with van der Waals surface area (Å²) in [6.45, 7) is 1.86. The van der Waals surface area contributed by atoms with E-state index in [2.05, 4.69) is 32.3 Å². The fourth-order valence-electron chi connectivity index (χ4n) is 1.45. The van der Waals surface area contributed by atoms with Crippen LogP contribution in [0.3, 0.4) is 0 Å². The Kier molecular flexibility index (Phi) is 3.86. The maximum Gasteiger partial charge on any atom is 0.263 e. The third-order valence-corrected chi connectivity index (χ3v) is 4.40. The largest absolute Gasteiger partial charge is 0.279 e. The Morgan fingerprint density at radius 1 is 1.28 bits per heavy atom. The molecule has 4 nitrogen and oxygen atoms in total. The summed E-state index contributed by atoms with van der Waals surface area (Å²) in [6.07, 6.45) is 2.86. The first kappa shape index (κ1) is 13.3. The Bertz CT molecular complexity index is 657. The van der Waals surface area contributed by atoms with Gasteiger partial charge in [-0.05, 0) is 65.4 Å². The van der Waals surface area contributed by atoms with Gasteiger partial charge in [0.25, 0.3) is 10.0 Å². The van der Waals surface area contributed by atoms with Crippen LogP contribution in [-0.2, 0) is 10.0 Å². The average Bonchev–Trinajstić information content (AvgIpc) is 2.34. The maximum absolute atomic E-state index is 12.1. The number of anilines is 1. The molecular formula is C12H11IN2O2S. The average molecular weight is 374 g/mol. The van der Waals surface area contributed by atoms with Gasteiger partial charge in [0, 0.05) is 16.0 Å². The molecule has 0 spiro atoms. The van der Waals surface area contributed by atoms with E-state index in [1.807, 2.05) is 19.1 Å². The number of nitrogens with one attached hydrogen (secondary N) is 1. The number of aromatic nitrogens is 1. The normalized spacial score (nSPS) is 11.2. The van der Waals surface area contributed by atoms with E-state index in [0.717, 1.165) is 9.13 Å². The van der Waals surface area contributed by atoms with E-state index < -0.39 is 10.0 Å². The van der Waals surface area contributed by atoms with Crippen LogP contribution in [0.2, 0.25) is 0 Å². The van der Waals surface area contributed by atoms with E-state index in [1.165, 1.54) is 18.5 Å². The molecule has 1 N–H and O–H groups in total. The first-order valence-corrected chi connectivity index (χ1v) is 7.74. The van der Waals surface area contributed by atoms with Crippen LogP contribution in [0.25, 0.3) is 0 Å². The summed E-state index contributed by atoms with van der Waals surface area (Å²) in [5.41, 5.74) is 1.47. The van der Waals surface area contributed by atoms with Crippen molar-refractivity contribution in [3.8, 4) is 0 Å². The zero-order chi connectivity index (χ0) is 13.2. The first-order chi connectivity index (χ1) is 8.49. The molecule has 0 aliphatic carbocycles. The molecule has 1 aromatic heterocycles. The molecule has 0 saturated carbocycles. The summed E-state index contributed by atoms with van der Waals surface area (Å²) < 4.78 is 27.8. The van der Waals surface area contributed by atoms with Crippen molar-refractivity contribution in [3.63, 3.8) is 0 Å². The van der Waals surface area contributed by atoms with Crippen LogP contribution in [0, 0.1) is 10.5 Å². The Labute approximate surface area is 120 Å². The minimum absolute atomic E-state index is 0.156. The quantitative estimate of drug-likeness (QED) is 0.841. The number of nitrogens with zero attached hydrogens (tertiary/aromatic N) is 1. The molecule has 0 unspecified atom stereocenters. The third-order valence-electron chi connectivity index (χ3n) is 2.38. The van der Waals surface area contributed by atoms with Crippen molar-refractivity contribution in [1.29, 1.82) is 0 Å². The topological polar surface area (TPSA) is 59.1 Å². The second-order valence-corrected chi connectivity index (χ2v) is 6.68. The predicted octanol–water partition coefficient (Wildman–Crippen LogP) is 2.80.